The van der Waals surface area contributed by atoms with Gasteiger partial charge in [-0.25, -0.2) is 4.98 Å². The Morgan fingerprint density at radius 3 is 2.73 bits per heavy atom. The van der Waals surface area contributed by atoms with Crippen LogP contribution in [0.3, 0.4) is 0 Å². The van der Waals surface area contributed by atoms with Gasteiger partial charge < -0.3 is 9.30 Å². The number of pyridine rings is 1. The minimum atomic E-state index is 0.420. The summed E-state index contributed by atoms with van der Waals surface area (Å²) in [6.45, 7) is 1.15. The molecule has 0 radical (unpaired) electrons. The minimum Gasteiger partial charge on any atom is -0.487 e. The number of hydrogen-bond acceptors (Lipinski definition) is 5. The summed E-state index contributed by atoms with van der Waals surface area (Å²) in [6.07, 6.45) is 2.10. The Balaban J connectivity index is 1.23. The lowest BCUT2D eigenvalue weighted by Crippen LogP contribution is -2.00. The van der Waals surface area contributed by atoms with Crippen LogP contribution in [0, 0.1) is 0 Å². The van der Waals surface area contributed by atoms with Crippen molar-refractivity contribution in [1.29, 1.82) is 0 Å². The lowest BCUT2D eigenvalue weighted by molar-refractivity contribution is 0.302. The highest BCUT2D eigenvalue weighted by Gasteiger charge is 2.08. The lowest BCUT2D eigenvalue weighted by Gasteiger charge is -2.10. The number of rotatable bonds is 6. The fourth-order valence-electron chi connectivity index (χ4n) is 4.03. The highest BCUT2D eigenvalue weighted by atomic mass is 16.5. The van der Waals surface area contributed by atoms with Gasteiger partial charge >= 0.3 is 0 Å². The second kappa shape index (κ2) is 8.20. The molecule has 0 amide bonds. The van der Waals surface area contributed by atoms with E-state index < -0.39 is 0 Å². The average molecular weight is 432 g/mol. The molecule has 0 aliphatic heterocycles. The Kier molecular flexibility index (Phi) is 4.77. The number of aromatic nitrogens is 6. The van der Waals surface area contributed by atoms with Crippen LogP contribution in [0.15, 0.2) is 91.1 Å². The van der Waals surface area contributed by atoms with E-state index in [1.165, 1.54) is 5.39 Å². The maximum atomic E-state index is 6.09. The Morgan fingerprint density at radius 1 is 0.848 bits per heavy atom. The number of ether oxygens (including phenoxy) is 1. The first-order chi connectivity index (χ1) is 16.3. The standard InChI is InChI=1S/C26H20N6O/c1-2-7-24-19(5-1)8-10-22(27-24)17-33-23-11-9-20-12-13-32(25(20)15-23)16-18-4-3-6-21(14-18)26-28-30-31-29-26/h1-15H,16-17H2,(H,28,29,30,31). The molecule has 6 aromatic rings. The van der Waals surface area contributed by atoms with Crippen LogP contribution in [0.4, 0.5) is 0 Å². The molecule has 0 bridgehead atoms. The normalized spacial score (nSPS) is 11.3. The summed E-state index contributed by atoms with van der Waals surface area (Å²) in [5, 5.41) is 16.6. The van der Waals surface area contributed by atoms with Gasteiger partial charge in [0.2, 0.25) is 5.82 Å². The van der Waals surface area contributed by atoms with Crippen molar-refractivity contribution in [1.82, 2.24) is 30.2 Å². The molecular formula is C26H20N6O. The van der Waals surface area contributed by atoms with Crippen LogP contribution in [0.2, 0.25) is 0 Å². The molecule has 0 spiro atoms. The molecule has 7 nitrogen and oxygen atoms in total. The molecule has 3 aromatic carbocycles. The van der Waals surface area contributed by atoms with Gasteiger partial charge in [0.15, 0.2) is 0 Å². The van der Waals surface area contributed by atoms with Gasteiger partial charge in [0.05, 0.1) is 16.7 Å². The number of H-pyrrole nitrogens is 1. The van der Waals surface area contributed by atoms with E-state index in [4.69, 9.17) is 9.72 Å². The smallest absolute Gasteiger partial charge is 0.204 e. The van der Waals surface area contributed by atoms with Crippen LogP contribution >= 0.6 is 0 Å². The highest BCUT2D eigenvalue weighted by molar-refractivity contribution is 5.82. The number of nitrogens with one attached hydrogen (secondary N) is 1. The third kappa shape index (κ3) is 3.92. The molecule has 0 saturated carbocycles. The zero-order valence-electron chi connectivity index (χ0n) is 17.7. The third-order valence-electron chi connectivity index (χ3n) is 5.67. The molecule has 6 rings (SSSR count). The van der Waals surface area contributed by atoms with Crippen molar-refractivity contribution in [2.75, 3.05) is 0 Å². The molecular weight excluding hydrogens is 412 g/mol. The summed E-state index contributed by atoms with van der Waals surface area (Å²) in [6, 6.07) is 28.7. The number of nitrogens with zero attached hydrogens (tertiary/aromatic N) is 5. The summed E-state index contributed by atoms with van der Waals surface area (Å²) < 4.78 is 8.30. The van der Waals surface area contributed by atoms with E-state index in [0.717, 1.165) is 45.5 Å². The van der Waals surface area contributed by atoms with Crippen molar-refractivity contribution >= 4 is 21.8 Å². The number of para-hydroxylation sites is 1. The SMILES string of the molecule is c1cc(Cn2ccc3ccc(OCc4ccc5ccccc5n4)cc32)cc(-c2nn[nH]n2)c1. The van der Waals surface area contributed by atoms with E-state index in [0.29, 0.717) is 12.4 Å². The first kappa shape index (κ1) is 19.2. The largest absolute Gasteiger partial charge is 0.487 e. The maximum absolute atomic E-state index is 6.09. The molecule has 3 aromatic heterocycles. The second-order valence-electron chi connectivity index (χ2n) is 7.88. The Bertz CT molecular complexity index is 1550. The summed E-state index contributed by atoms with van der Waals surface area (Å²) >= 11 is 0. The van der Waals surface area contributed by atoms with Crippen LogP contribution in [-0.2, 0) is 13.2 Å². The van der Waals surface area contributed by atoms with Crippen molar-refractivity contribution in [2.45, 2.75) is 13.2 Å². The predicted octanol–water partition coefficient (Wildman–Crippen LogP) is 5.00. The first-order valence-corrected chi connectivity index (χ1v) is 10.7. The van der Waals surface area contributed by atoms with Gasteiger partial charge in [-0.15, -0.1) is 10.2 Å². The molecule has 0 fully saturated rings. The van der Waals surface area contributed by atoms with Gasteiger partial charge in [0.1, 0.15) is 12.4 Å². The van der Waals surface area contributed by atoms with Crippen LogP contribution in [0.1, 0.15) is 11.3 Å². The maximum Gasteiger partial charge on any atom is 0.204 e. The molecule has 0 atom stereocenters. The van der Waals surface area contributed by atoms with Gasteiger partial charge in [-0.2, -0.15) is 5.21 Å². The summed E-state index contributed by atoms with van der Waals surface area (Å²) in [5.74, 6) is 1.41. The number of aromatic amines is 1. The lowest BCUT2D eigenvalue weighted by atomic mass is 10.1. The number of hydrogen-bond donors (Lipinski definition) is 1. The van der Waals surface area contributed by atoms with Crippen LogP contribution in [0.25, 0.3) is 33.2 Å². The first-order valence-electron chi connectivity index (χ1n) is 10.7. The average Bonchev–Trinajstić information content (AvgIpc) is 3.54. The zero-order valence-corrected chi connectivity index (χ0v) is 17.7. The molecule has 0 unspecified atom stereocenters. The van der Waals surface area contributed by atoms with Gasteiger partial charge in [-0.1, -0.05) is 42.5 Å². The van der Waals surface area contributed by atoms with E-state index in [9.17, 15) is 0 Å². The number of tetrazole rings is 1. The minimum absolute atomic E-state index is 0.420. The summed E-state index contributed by atoms with van der Waals surface area (Å²) in [7, 11) is 0. The predicted molar refractivity (Wildman–Crippen MR) is 127 cm³/mol. The summed E-state index contributed by atoms with van der Waals surface area (Å²) in [5.41, 5.74) is 5.09. The highest BCUT2D eigenvalue weighted by Crippen LogP contribution is 2.25. The Labute approximate surface area is 189 Å². The van der Waals surface area contributed by atoms with Crippen LogP contribution in [-0.4, -0.2) is 30.2 Å². The van der Waals surface area contributed by atoms with E-state index in [1.807, 2.05) is 42.5 Å². The van der Waals surface area contributed by atoms with Crippen molar-refractivity contribution in [3.63, 3.8) is 0 Å². The van der Waals surface area contributed by atoms with Crippen LogP contribution < -0.4 is 4.74 Å². The van der Waals surface area contributed by atoms with Crippen molar-refractivity contribution < 1.29 is 4.74 Å². The fourth-order valence-corrected chi connectivity index (χ4v) is 4.03. The number of fused-ring (bicyclic) bond motifs is 2. The molecule has 33 heavy (non-hydrogen) atoms. The summed E-state index contributed by atoms with van der Waals surface area (Å²) in [4.78, 5) is 4.70. The third-order valence-corrected chi connectivity index (χ3v) is 5.67. The van der Waals surface area contributed by atoms with Gasteiger partial charge in [-0.3, -0.25) is 0 Å². The Hall–Kier alpha value is -4.52. The molecule has 1 N–H and O–H groups in total. The van der Waals surface area contributed by atoms with Crippen molar-refractivity contribution in [3.05, 3.63) is 102 Å². The van der Waals surface area contributed by atoms with E-state index in [1.54, 1.807) is 0 Å². The molecule has 0 aliphatic carbocycles. The quantitative estimate of drug-likeness (QED) is 0.401. The number of benzene rings is 3. The molecule has 0 saturated heterocycles. The molecule has 3 heterocycles. The fraction of sp³-hybridized carbons (Fsp3) is 0.0769. The van der Waals surface area contributed by atoms with Gasteiger partial charge in [0.25, 0.3) is 0 Å². The van der Waals surface area contributed by atoms with Gasteiger partial charge in [0, 0.05) is 29.8 Å². The second-order valence-corrected chi connectivity index (χ2v) is 7.88. The monoisotopic (exact) mass is 432 g/mol. The van der Waals surface area contributed by atoms with Crippen molar-refractivity contribution in [3.8, 4) is 17.1 Å². The molecule has 160 valence electrons. The molecule has 0 aliphatic rings. The van der Waals surface area contributed by atoms with E-state index >= 15 is 0 Å². The van der Waals surface area contributed by atoms with Gasteiger partial charge in [-0.05, 0) is 52.6 Å². The van der Waals surface area contributed by atoms with Crippen LogP contribution in [0.5, 0.6) is 5.75 Å². The Morgan fingerprint density at radius 2 is 1.79 bits per heavy atom. The molecule has 7 heteroatoms. The van der Waals surface area contributed by atoms with E-state index in [-0.39, 0.29) is 0 Å². The zero-order chi connectivity index (χ0) is 22.0. The topological polar surface area (TPSA) is 81.5 Å². The van der Waals surface area contributed by atoms with E-state index in [2.05, 4.69) is 73.9 Å². The van der Waals surface area contributed by atoms with Crippen molar-refractivity contribution in [2.24, 2.45) is 0 Å².